The van der Waals surface area contributed by atoms with E-state index in [0.717, 1.165) is 32.6 Å². The molecule has 2 aromatic heterocycles. The second kappa shape index (κ2) is 8.20. The highest BCUT2D eigenvalue weighted by Gasteiger charge is 2.24. The number of likely N-dealkylation sites (N-methyl/N-ethyl adjacent to an activating group) is 1. The number of ether oxygens (including phenoxy) is 2. The number of thioether (sulfide) groups is 1. The number of benzene rings is 1. The van der Waals surface area contributed by atoms with Gasteiger partial charge in [0.1, 0.15) is 22.3 Å². The summed E-state index contributed by atoms with van der Waals surface area (Å²) >= 11 is 3.15. The zero-order chi connectivity index (χ0) is 20.5. The maximum atomic E-state index is 12.7. The lowest BCUT2D eigenvalue weighted by Crippen LogP contribution is -2.42. The predicted molar refractivity (Wildman–Crippen MR) is 116 cm³/mol. The lowest BCUT2D eigenvalue weighted by Gasteiger charge is -2.29. The average molecular weight is 430 g/mol. The molecule has 0 radical (unpaired) electrons. The minimum Gasteiger partial charge on any atom is -0.486 e. The standard InChI is InChI=1S/C21H23N3O3S2/c1-12-13(2)29-21-19(12)20(22-14(3)23-21)28-11-18(25)24(4)9-15-10-26-16-7-5-6-8-17(16)27-15/h5-8,15H,9-11H2,1-4H3/t15-/m1/s1. The van der Waals surface area contributed by atoms with Gasteiger partial charge in [-0.2, -0.15) is 0 Å². The topological polar surface area (TPSA) is 64.6 Å². The number of nitrogens with zero attached hydrogens (tertiary/aromatic N) is 3. The van der Waals surface area contributed by atoms with Crippen molar-refractivity contribution in [1.29, 1.82) is 0 Å². The van der Waals surface area contributed by atoms with Crippen molar-refractivity contribution in [1.82, 2.24) is 14.9 Å². The summed E-state index contributed by atoms with van der Waals surface area (Å²) in [6.45, 7) is 6.97. The Bertz CT molecular complexity index is 1070. The molecule has 0 fully saturated rings. The van der Waals surface area contributed by atoms with Gasteiger partial charge in [-0.25, -0.2) is 9.97 Å². The molecule has 0 N–H and O–H groups in total. The van der Waals surface area contributed by atoms with Gasteiger partial charge in [-0.05, 0) is 38.5 Å². The van der Waals surface area contributed by atoms with E-state index in [1.807, 2.05) is 31.2 Å². The molecule has 0 unspecified atom stereocenters. The molecule has 0 saturated carbocycles. The van der Waals surface area contributed by atoms with Gasteiger partial charge in [0, 0.05) is 17.3 Å². The van der Waals surface area contributed by atoms with Crippen LogP contribution in [0, 0.1) is 20.8 Å². The van der Waals surface area contributed by atoms with Crippen LogP contribution >= 0.6 is 23.1 Å². The van der Waals surface area contributed by atoms with E-state index in [1.165, 1.54) is 22.2 Å². The minimum atomic E-state index is -0.182. The molecular weight excluding hydrogens is 406 g/mol. The first-order valence-electron chi connectivity index (χ1n) is 9.42. The van der Waals surface area contributed by atoms with Crippen LogP contribution in [0.15, 0.2) is 29.3 Å². The highest BCUT2D eigenvalue weighted by atomic mass is 32.2. The number of thiophene rings is 1. The number of hydrogen-bond acceptors (Lipinski definition) is 7. The number of para-hydroxylation sites is 2. The van der Waals surface area contributed by atoms with E-state index >= 15 is 0 Å². The first-order valence-corrected chi connectivity index (χ1v) is 11.2. The Morgan fingerprint density at radius 2 is 2.00 bits per heavy atom. The number of aryl methyl sites for hydroxylation is 3. The number of aromatic nitrogens is 2. The molecule has 1 aliphatic rings. The van der Waals surface area contributed by atoms with E-state index < -0.39 is 0 Å². The van der Waals surface area contributed by atoms with Crippen LogP contribution in [0.4, 0.5) is 0 Å². The Morgan fingerprint density at radius 1 is 1.24 bits per heavy atom. The Labute approximate surface area is 178 Å². The number of fused-ring (bicyclic) bond motifs is 2. The van der Waals surface area contributed by atoms with Crippen molar-refractivity contribution in [2.45, 2.75) is 31.9 Å². The summed E-state index contributed by atoms with van der Waals surface area (Å²) in [6.07, 6.45) is -0.182. The zero-order valence-electron chi connectivity index (χ0n) is 16.9. The Morgan fingerprint density at radius 3 is 2.79 bits per heavy atom. The van der Waals surface area contributed by atoms with Crippen molar-refractivity contribution in [3.05, 3.63) is 40.5 Å². The Balaban J connectivity index is 1.39. The highest BCUT2D eigenvalue weighted by molar-refractivity contribution is 8.00. The van der Waals surface area contributed by atoms with Gasteiger partial charge in [0.25, 0.3) is 0 Å². The fourth-order valence-corrected chi connectivity index (χ4v) is 5.43. The second-order valence-electron chi connectivity index (χ2n) is 7.10. The highest BCUT2D eigenvalue weighted by Crippen LogP contribution is 2.35. The van der Waals surface area contributed by atoms with Gasteiger partial charge in [-0.3, -0.25) is 4.79 Å². The fraction of sp³-hybridized carbons (Fsp3) is 0.381. The van der Waals surface area contributed by atoms with Gasteiger partial charge in [-0.1, -0.05) is 23.9 Å². The molecule has 8 heteroatoms. The van der Waals surface area contributed by atoms with Crippen molar-refractivity contribution in [3.8, 4) is 11.5 Å². The summed E-state index contributed by atoms with van der Waals surface area (Å²) in [7, 11) is 1.80. The van der Waals surface area contributed by atoms with Gasteiger partial charge in [-0.15, -0.1) is 11.3 Å². The van der Waals surface area contributed by atoms with Gasteiger partial charge in [0.15, 0.2) is 17.6 Å². The molecule has 3 heterocycles. The van der Waals surface area contributed by atoms with E-state index in [9.17, 15) is 4.79 Å². The largest absolute Gasteiger partial charge is 0.486 e. The molecule has 0 bridgehead atoms. The van der Waals surface area contributed by atoms with E-state index in [0.29, 0.717) is 18.9 Å². The second-order valence-corrected chi connectivity index (χ2v) is 9.27. The summed E-state index contributed by atoms with van der Waals surface area (Å²) in [4.78, 5) is 25.8. The van der Waals surface area contributed by atoms with Crippen LogP contribution in [0.1, 0.15) is 16.3 Å². The summed E-state index contributed by atoms with van der Waals surface area (Å²) in [6, 6.07) is 7.59. The van der Waals surface area contributed by atoms with Crippen LogP contribution in [0.3, 0.4) is 0 Å². The summed E-state index contributed by atoms with van der Waals surface area (Å²) in [5, 5.41) is 1.95. The molecule has 1 amide bonds. The maximum Gasteiger partial charge on any atom is 0.232 e. The van der Waals surface area contributed by atoms with Crippen LogP contribution in [-0.4, -0.2) is 52.8 Å². The molecule has 1 atom stereocenters. The molecule has 0 spiro atoms. The average Bonchev–Trinajstić information content (AvgIpc) is 2.99. The summed E-state index contributed by atoms with van der Waals surface area (Å²) in [5.41, 5.74) is 1.19. The van der Waals surface area contributed by atoms with Crippen molar-refractivity contribution in [3.63, 3.8) is 0 Å². The van der Waals surface area contributed by atoms with Crippen LogP contribution < -0.4 is 9.47 Å². The number of amides is 1. The quantitative estimate of drug-likeness (QED) is 0.451. The summed E-state index contributed by atoms with van der Waals surface area (Å²) < 4.78 is 11.7. The molecule has 4 rings (SSSR count). The van der Waals surface area contributed by atoms with Crippen molar-refractivity contribution in [2.24, 2.45) is 0 Å². The van der Waals surface area contributed by atoms with Crippen molar-refractivity contribution < 1.29 is 14.3 Å². The zero-order valence-corrected chi connectivity index (χ0v) is 18.5. The number of hydrogen-bond donors (Lipinski definition) is 0. The molecule has 1 aliphatic heterocycles. The molecular formula is C21H23N3O3S2. The SMILES string of the molecule is Cc1nc(SCC(=O)N(C)C[C@@H]2COc3ccccc3O2)c2c(C)c(C)sc2n1. The molecule has 6 nitrogen and oxygen atoms in total. The van der Waals surface area contributed by atoms with Gasteiger partial charge in [0.05, 0.1) is 12.3 Å². The number of carbonyl (C=O) groups excluding carboxylic acids is 1. The van der Waals surface area contributed by atoms with Crippen LogP contribution in [0.25, 0.3) is 10.2 Å². The molecule has 152 valence electrons. The van der Waals surface area contributed by atoms with Crippen LogP contribution in [0.2, 0.25) is 0 Å². The number of rotatable bonds is 5. The minimum absolute atomic E-state index is 0.0338. The maximum absolute atomic E-state index is 12.7. The first kappa shape index (κ1) is 20.0. The molecule has 3 aromatic rings. The Kier molecular flexibility index (Phi) is 5.65. The van der Waals surface area contributed by atoms with E-state index in [2.05, 4.69) is 23.8 Å². The molecule has 0 saturated heterocycles. The first-order chi connectivity index (χ1) is 13.9. The molecule has 29 heavy (non-hydrogen) atoms. The molecule has 0 aliphatic carbocycles. The monoisotopic (exact) mass is 429 g/mol. The van der Waals surface area contributed by atoms with E-state index in [1.54, 1.807) is 23.3 Å². The summed E-state index contributed by atoms with van der Waals surface area (Å²) in [5.74, 6) is 2.56. The van der Waals surface area contributed by atoms with Gasteiger partial charge >= 0.3 is 0 Å². The Hall–Kier alpha value is -2.32. The third-order valence-corrected chi connectivity index (χ3v) is 6.97. The van der Waals surface area contributed by atoms with Crippen LogP contribution in [0.5, 0.6) is 11.5 Å². The smallest absolute Gasteiger partial charge is 0.232 e. The van der Waals surface area contributed by atoms with Gasteiger partial charge in [0.2, 0.25) is 5.91 Å². The van der Waals surface area contributed by atoms with Crippen LogP contribution in [-0.2, 0) is 4.79 Å². The normalized spacial score (nSPS) is 15.5. The fourth-order valence-electron chi connectivity index (χ4n) is 3.22. The van der Waals surface area contributed by atoms with E-state index in [-0.39, 0.29) is 12.0 Å². The molecule has 1 aromatic carbocycles. The third kappa shape index (κ3) is 4.18. The van der Waals surface area contributed by atoms with E-state index in [4.69, 9.17) is 9.47 Å². The lowest BCUT2D eigenvalue weighted by molar-refractivity contribution is -0.128. The van der Waals surface area contributed by atoms with Crippen molar-refractivity contribution >= 4 is 39.2 Å². The predicted octanol–water partition coefficient (Wildman–Crippen LogP) is 4.01. The third-order valence-electron chi connectivity index (χ3n) is 4.91. The number of carbonyl (C=O) groups is 1. The lowest BCUT2D eigenvalue weighted by atomic mass is 10.2. The van der Waals surface area contributed by atoms with Gasteiger partial charge < -0.3 is 14.4 Å². The van der Waals surface area contributed by atoms with Crippen molar-refractivity contribution in [2.75, 3.05) is 26.0 Å².